The number of carbonyl (C=O) groups is 2. The van der Waals surface area contributed by atoms with Gasteiger partial charge in [0, 0.05) is 5.56 Å². The Morgan fingerprint density at radius 3 is 2.55 bits per heavy atom. The molecular formula is C21H17N3O6S. The number of ketones is 1. The molecule has 0 spiro atoms. The number of aliphatic hydroxyl groups is 1. The van der Waals surface area contributed by atoms with Crippen molar-refractivity contribution in [2.75, 3.05) is 18.1 Å². The lowest BCUT2D eigenvalue weighted by molar-refractivity contribution is -0.132. The Kier molecular flexibility index (Phi) is 4.51. The normalized spacial score (nSPS) is 19.8. The number of Topliss-reactive ketones (excluding diaryl/α,β-unsaturated/α-hetero) is 1. The Morgan fingerprint density at radius 1 is 1.10 bits per heavy atom. The number of hydrogen-bond donors (Lipinski definition) is 1. The zero-order chi connectivity index (χ0) is 21.7. The molecule has 0 bridgehead atoms. The molecule has 31 heavy (non-hydrogen) atoms. The highest BCUT2D eigenvalue weighted by Crippen LogP contribution is 2.44. The highest BCUT2D eigenvalue weighted by Gasteiger charge is 2.49. The maximum absolute atomic E-state index is 13.0. The van der Waals surface area contributed by atoms with E-state index >= 15 is 0 Å². The van der Waals surface area contributed by atoms with E-state index in [0.29, 0.717) is 46.8 Å². The number of aryl methyl sites for hydroxylation is 2. The molecule has 1 amide bonds. The van der Waals surface area contributed by atoms with Crippen LogP contribution in [0.3, 0.4) is 0 Å². The molecule has 1 unspecified atom stereocenters. The molecule has 0 radical (unpaired) electrons. The van der Waals surface area contributed by atoms with Gasteiger partial charge in [-0.1, -0.05) is 11.3 Å². The third-order valence-corrected chi connectivity index (χ3v) is 5.85. The fourth-order valence-corrected chi connectivity index (χ4v) is 4.34. The van der Waals surface area contributed by atoms with Crippen molar-refractivity contribution in [3.8, 4) is 11.5 Å². The van der Waals surface area contributed by atoms with Gasteiger partial charge in [-0.25, -0.2) is 0 Å². The van der Waals surface area contributed by atoms with Gasteiger partial charge in [-0.2, -0.15) is 0 Å². The molecule has 10 heteroatoms. The Hall–Kier alpha value is -3.66. The SMILES string of the molecule is Cc1ccc(C2/C(=C(\O)c3ccc4c(c3)OCCO4)C(=O)C(=O)N2c2nnc(C)s2)o1. The van der Waals surface area contributed by atoms with Crippen LogP contribution < -0.4 is 14.4 Å². The average Bonchev–Trinajstić information content (AvgIpc) is 3.45. The van der Waals surface area contributed by atoms with E-state index in [1.807, 2.05) is 0 Å². The van der Waals surface area contributed by atoms with E-state index in [-0.39, 0.29) is 16.5 Å². The fraction of sp³-hybridized carbons (Fsp3) is 0.238. The number of benzene rings is 1. The molecule has 0 aliphatic carbocycles. The van der Waals surface area contributed by atoms with E-state index in [1.54, 1.807) is 44.2 Å². The van der Waals surface area contributed by atoms with Crippen LogP contribution >= 0.6 is 11.3 Å². The minimum Gasteiger partial charge on any atom is -0.507 e. The van der Waals surface area contributed by atoms with Gasteiger partial charge in [0.2, 0.25) is 5.13 Å². The summed E-state index contributed by atoms with van der Waals surface area (Å²) in [6.07, 6.45) is 0. The molecule has 2 aliphatic heterocycles. The number of aliphatic hydroxyl groups excluding tert-OH is 1. The lowest BCUT2D eigenvalue weighted by Gasteiger charge is -2.21. The molecule has 1 aromatic carbocycles. The van der Waals surface area contributed by atoms with Gasteiger partial charge in [0.1, 0.15) is 41.5 Å². The summed E-state index contributed by atoms with van der Waals surface area (Å²) in [5.74, 6) is -0.0378. The maximum Gasteiger partial charge on any atom is 0.302 e. The monoisotopic (exact) mass is 439 g/mol. The Morgan fingerprint density at radius 2 is 1.87 bits per heavy atom. The smallest absolute Gasteiger partial charge is 0.302 e. The Labute approximate surface area is 180 Å². The summed E-state index contributed by atoms with van der Waals surface area (Å²) in [5, 5.41) is 20.0. The van der Waals surface area contributed by atoms with E-state index in [2.05, 4.69) is 10.2 Å². The number of amides is 1. The van der Waals surface area contributed by atoms with Crippen molar-refractivity contribution in [2.24, 2.45) is 0 Å². The molecular weight excluding hydrogens is 422 g/mol. The second-order valence-electron chi connectivity index (χ2n) is 7.08. The first-order chi connectivity index (χ1) is 14.9. The minimum atomic E-state index is -0.978. The first-order valence-electron chi connectivity index (χ1n) is 9.51. The molecule has 0 saturated carbocycles. The van der Waals surface area contributed by atoms with Gasteiger partial charge in [-0.15, -0.1) is 10.2 Å². The molecule has 158 valence electrons. The third kappa shape index (κ3) is 3.15. The number of ether oxygens (including phenoxy) is 2. The first-order valence-corrected chi connectivity index (χ1v) is 10.3. The summed E-state index contributed by atoms with van der Waals surface area (Å²) < 4.78 is 16.8. The second-order valence-corrected chi connectivity index (χ2v) is 8.24. The second kappa shape index (κ2) is 7.24. The van der Waals surface area contributed by atoms with Crippen LogP contribution in [0.15, 0.2) is 40.3 Å². The zero-order valence-electron chi connectivity index (χ0n) is 16.6. The van der Waals surface area contributed by atoms with Crippen molar-refractivity contribution in [3.63, 3.8) is 0 Å². The number of aromatic nitrogens is 2. The van der Waals surface area contributed by atoms with Gasteiger partial charge < -0.3 is 19.0 Å². The van der Waals surface area contributed by atoms with E-state index in [1.165, 1.54) is 16.2 Å². The van der Waals surface area contributed by atoms with Gasteiger partial charge >= 0.3 is 5.91 Å². The van der Waals surface area contributed by atoms with Crippen LogP contribution in [0.1, 0.15) is 28.1 Å². The van der Waals surface area contributed by atoms with Crippen LogP contribution in [-0.2, 0) is 9.59 Å². The average molecular weight is 439 g/mol. The first kappa shape index (κ1) is 19.3. The van der Waals surface area contributed by atoms with Crippen LogP contribution in [0.25, 0.3) is 5.76 Å². The van der Waals surface area contributed by atoms with Crippen molar-refractivity contribution in [1.29, 1.82) is 0 Å². The number of carbonyl (C=O) groups excluding carboxylic acids is 2. The summed E-state index contributed by atoms with van der Waals surface area (Å²) in [6, 6.07) is 7.26. The highest BCUT2D eigenvalue weighted by atomic mass is 32.1. The maximum atomic E-state index is 13.0. The third-order valence-electron chi connectivity index (χ3n) is 5.01. The summed E-state index contributed by atoms with van der Waals surface area (Å²) >= 11 is 1.17. The van der Waals surface area contributed by atoms with Crippen molar-refractivity contribution >= 4 is 33.9 Å². The summed E-state index contributed by atoms with van der Waals surface area (Å²) in [4.78, 5) is 27.2. The van der Waals surface area contributed by atoms with Gasteiger partial charge in [0.25, 0.3) is 5.78 Å². The van der Waals surface area contributed by atoms with Crippen molar-refractivity contribution in [1.82, 2.24) is 10.2 Å². The number of nitrogens with zero attached hydrogens (tertiary/aromatic N) is 3. The quantitative estimate of drug-likeness (QED) is 0.376. The fourth-order valence-electron chi connectivity index (χ4n) is 3.63. The van der Waals surface area contributed by atoms with Crippen LogP contribution in [-0.4, -0.2) is 40.2 Å². The van der Waals surface area contributed by atoms with Gasteiger partial charge in [-0.3, -0.25) is 14.5 Å². The summed E-state index contributed by atoms with van der Waals surface area (Å²) in [6.45, 7) is 4.32. The lowest BCUT2D eigenvalue weighted by Crippen LogP contribution is -2.29. The standard InChI is InChI=1S/C21H17N3O6S/c1-10-3-5-14(30-10)17-16(19(26)20(27)24(17)21-23-22-11(2)31-21)18(25)12-4-6-13-15(9-12)29-8-7-28-13/h3-6,9,17,25H,7-8H2,1-2H3/b18-16+. The Bertz CT molecular complexity index is 1240. The molecule has 2 aliphatic rings. The number of rotatable bonds is 3. The van der Waals surface area contributed by atoms with Crippen LogP contribution in [0.4, 0.5) is 5.13 Å². The number of fused-ring (bicyclic) bond motifs is 1. The van der Waals surface area contributed by atoms with Crippen molar-refractivity contribution < 1.29 is 28.6 Å². The van der Waals surface area contributed by atoms with Gasteiger partial charge in [0.15, 0.2) is 11.5 Å². The van der Waals surface area contributed by atoms with Gasteiger partial charge in [-0.05, 0) is 44.2 Å². The van der Waals surface area contributed by atoms with Crippen molar-refractivity contribution in [2.45, 2.75) is 19.9 Å². The number of furan rings is 1. The summed E-state index contributed by atoms with van der Waals surface area (Å²) in [5.41, 5.74) is 0.229. The molecule has 1 N–H and O–H groups in total. The lowest BCUT2D eigenvalue weighted by atomic mass is 9.99. The van der Waals surface area contributed by atoms with Crippen LogP contribution in [0.5, 0.6) is 11.5 Å². The molecule has 4 heterocycles. The molecule has 2 aromatic heterocycles. The van der Waals surface area contributed by atoms with E-state index < -0.39 is 17.7 Å². The van der Waals surface area contributed by atoms with Crippen molar-refractivity contribution in [3.05, 3.63) is 58.0 Å². The van der Waals surface area contributed by atoms with Crippen LogP contribution in [0.2, 0.25) is 0 Å². The molecule has 1 fully saturated rings. The van der Waals surface area contributed by atoms with Crippen LogP contribution in [0, 0.1) is 13.8 Å². The molecule has 3 aromatic rings. The highest BCUT2D eigenvalue weighted by molar-refractivity contribution is 7.15. The minimum absolute atomic E-state index is 0.0936. The zero-order valence-corrected chi connectivity index (χ0v) is 17.4. The molecule has 1 atom stereocenters. The Balaban J connectivity index is 1.68. The van der Waals surface area contributed by atoms with Gasteiger partial charge in [0.05, 0.1) is 5.57 Å². The van der Waals surface area contributed by atoms with E-state index in [9.17, 15) is 14.7 Å². The summed E-state index contributed by atoms with van der Waals surface area (Å²) in [7, 11) is 0. The number of hydrogen-bond acceptors (Lipinski definition) is 9. The molecule has 5 rings (SSSR count). The van der Waals surface area contributed by atoms with E-state index in [4.69, 9.17) is 13.9 Å². The topological polar surface area (TPSA) is 115 Å². The van der Waals surface area contributed by atoms with E-state index in [0.717, 1.165) is 0 Å². The largest absolute Gasteiger partial charge is 0.507 e. The number of anilines is 1. The molecule has 9 nitrogen and oxygen atoms in total. The molecule has 1 saturated heterocycles. The predicted molar refractivity (Wildman–Crippen MR) is 110 cm³/mol. The predicted octanol–water partition coefficient (Wildman–Crippen LogP) is 3.15.